The summed E-state index contributed by atoms with van der Waals surface area (Å²) in [6.07, 6.45) is 0. The van der Waals surface area contributed by atoms with E-state index in [-0.39, 0.29) is 5.56 Å². The van der Waals surface area contributed by atoms with Crippen LogP contribution in [0.2, 0.25) is 0 Å². The van der Waals surface area contributed by atoms with Crippen LogP contribution < -0.4 is 5.56 Å². The van der Waals surface area contributed by atoms with Crippen LogP contribution in [0.5, 0.6) is 0 Å². The number of H-pyrrole nitrogens is 2. The van der Waals surface area contributed by atoms with Crippen LogP contribution in [0, 0.1) is 0 Å². The Morgan fingerprint density at radius 1 is 1.11 bits per heavy atom. The Bertz CT molecular complexity index is 936. The number of hydrogen-bond donors (Lipinski definition) is 2. The molecule has 4 rings (SSSR count). The van der Waals surface area contributed by atoms with Crippen LogP contribution in [0.15, 0.2) is 40.5 Å². The van der Waals surface area contributed by atoms with Gasteiger partial charge in [0.2, 0.25) is 0 Å². The topological polar surface area (TPSA) is 74.4 Å². The van der Waals surface area contributed by atoms with Gasteiger partial charge in [-0.1, -0.05) is 12.1 Å². The van der Waals surface area contributed by atoms with E-state index in [1.807, 2.05) is 29.6 Å². The van der Waals surface area contributed by atoms with Gasteiger partial charge >= 0.3 is 0 Å². The molecule has 0 bridgehead atoms. The van der Waals surface area contributed by atoms with Crippen molar-refractivity contribution < 1.29 is 0 Å². The van der Waals surface area contributed by atoms with Gasteiger partial charge in [0.1, 0.15) is 0 Å². The molecule has 3 heterocycles. The molecule has 0 radical (unpaired) electrons. The summed E-state index contributed by atoms with van der Waals surface area (Å²) in [5.41, 5.74) is 2.68. The van der Waals surface area contributed by atoms with Crippen LogP contribution in [-0.4, -0.2) is 20.4 Å². The summed E-state index contributed by atoms with van der Waals surface area (Å²) in [5.74, 6) is 0. The highest BCUT2D eigenvalue weighted by atomic mass is 32.1. The molecule has 92 valence electrons. The second-order valence-corrected chi connectivity index (χ2v) is 5.16. The SMILES string of the molecule is O=c1[nH][nH]c2c1nnc1cc(-c3cccs3)ccc12. The third kappa shape index (κ3) is 1.50. The lowest BCUT2D eigenvalue weighted by Gasteiger charge is -2.01. The quantitative estimate of drug-likeness (QED) is 0.557. The minimum absolute atomic E-state index is 0.244. The lowest BCUT2D eigenvalue weighted by Crippen LogP contribution is -2.00. The van der Waals surface area contributed by atoms with Gasteiger partial charge in [-0.2, -0.15) is 0 Å². The Hall–Kier alpha value is -2.47. The summed E-state index contributed by atoms with van der Waals surface area (Å²) in [7, 11) is 0. The van der Waals surface area contributed by atoms with Gasteiger partial charge < -0.3 is 0 Å². The molecule has 2 N–H and O–H groups in total. The molecule has 0 saturated heterocycles. The molecular formula is C13H8N4OS. The van der Waals surface area contributed by atoms with Gasteiger partial charge in [0.15, 0.2) is 5.52 Å². The van der Waals surface area contributed by atoms with Crippen molar-refractivity contribution in [2.45, 2.75) is 0 Å². The Morgan fingerprint density at radius 2 is 2.05 bits per heavy atom. The number of nitrogens with zero attached hydrogens (tertiary/aromatic N) is 2. The fourth-order valence-electron chi connectivity index (χ4n) is 2.17. The highest BCUT2D eigenvalue weighted by molar-refractivity contribution is 7.13. The molecule has 6 heteroatoms. The molecule has 0 unspecified atom stereocenters. The zero-order valence-electron chi connectivity index (χ0n) is 9.68. The average Bonchev–Trinajstić information content (AvgIpc) is 3.08. The molecule has 0 amide bonds. The van der Waals surface area contributed by atoms with E-state index < -0.39 is 0 Å². The van der Waals surface area contributed by atoms with Crippen LogP contribution in [0.3, 0.4) is 0 Å². The fraction of sp³-hybridized carbons (Fsp3) is 0. The van der Waals surface area contributed by atoms with E-state index in [9.17, 15) is 4.79 Å². The van der Waals surface area contributed by atoms with Crippen LogP contribution >= 0.6 is 11.3 Å². The number of aromatic amines is 2. The van der Waals surface area contributed by atoms with Crippen molar-refractivity contribution in [3.05, 3.63) is 46.1 Å². The predicted molar refractivity (Wildman–Crippen MR) is 75.3 cm³/mol. The first-order valence-electron chi connectivity index (χ1n) is 5.73. The molecule has 0 saturated carbocycles. The number of fused-ring (bicyclic) bond motifs is 3. The summed E-state index contributed by atoms with van der Waals surface area (Å²) in [4.78, 5) is 12.7. The van der Waals surface area contributed by atoms with Gasteiger partial charge in [-0.05, 0) is 29.1 Å². The standard InChI is InChI=1S/C13H8N4OS/c18-13-12-11(15-17-13)8-4-3-7(6-9(8)14-16-12)10-2-1-5-19-10/h1-6H,(H2,15,17,18). The minimum atomic E-state index is -0.244. The summed E-state index contributed by atoms with van der Waals surface area (Å²) in [6, 6.07) is 10.1. The zero-order chi connectivity index (χ0) is 12.8. The Labute approximate surface area is 110 Å². The van der Waals surface area contributed by atoms with Crippen molar-refractivity contribution in [2.24, 2.45) is 0 Å². The number of benzene rings is 1. The molecule has 19 heavy (non-hydrogen) atoms. The summed E-state index contributed by atoms with van der Waals surface area (Å²) in [6.45, 7) is 0. The largest absolute Gasteiger partial charge is 0.295 e. The van der Waals surface area contributed by atoms with Crippen molar-refractivity contribution >= 4 is 33.3 Å². The van der Waals surface area contributed by atoms with Crippen molar-refractivity contribution in [2.75, 3.05) is 0 Å². The Morgan fingerprint density at radius 3 is 2.89 bits per heavy atom. The van der Waals surface area contributed by atoms with Gasteiger partial charge in [-0.25, -0.2) is 0 Å². The summed E-state index contributed by atoms with van der Waals surface area (Å²) in [5, 5.41) is 16.4. The van der Waals surface area contributed by atoms with Crippen LogP contribution in [0.4, 0.5) is 0 Å². The molecule has 0 atom stereocenters. The Kier molecular flexibility index (Phi) is 2.07. The van der Waals surface area contributed by atoms with E-state index in [1.165, 1.54) is 4.88 Å². The van der Waals surface area contributed by atoms with Crippen LogP contribution in [0.25, 0.3) is 32.4 Å². The van der Waals surface area contributed by atoms with E-state index in [0.717, 1.165) is 16.5 Å². The molecule has 0 fully saturated rings. The van der Waals surface area contributed by atoms with Gasteiger partial charge in [-0.3, -0.25) is 15.0 Å². The van der Waals surface area contributed by atoms with Crippen molar-refractivity contribution in [3.63, 3.8) is 0 Å². The Balaban J connectivity index is 2.05. The van der Waals surface area contributed by atoms with E-state index in [2.05, 4.69) is 26.5 Å². The third-order valence-corrected chi connectivity index (χ3v) is 4.00. The molecule has 3 aromatic heterocycles. The van der Waals surface area contributed by atoms with Crippen molar-refractivity contribution in [3.8, 4) is 10.4 Å². The number of hydrogen-bond acceptors (Lipinski definition) is 4. The van der Waals surface area contributed by atoms with Gasteiger partial charge in [0.05, 0.1) is 11.0 Å². The average molecular weight is 268 g/mol. The molecule has 1 aromatic carbocycles. The monoisotopic (exact) mass is 268 g/mol. The minimum Gasteiger partial charge on any atom is -0.295 e. The van der Waals surface area contributed by atoms with E-state index in [4.69, 9.17) is 0 Å². The van der Waals surface area contributed by atoms with Gasteiger partial charge in [-0.15, -0.1) is 21.5 Å². The van der Waals surface area contributed by atoms with Crippen LogP contribution in [-0.2, 0) is 0 Å². The number of nitrogens with one attached hydrogen (secondary N) is 2. The maximum Gasteiger partial charge on any atom is 0.292 e. The number of rotatable bonds is 1. The van der Waals surface area contributed by atoms with Crippen LogP contribution in [0.1, 0.15) is 0 Å². The first-order valence-corrected chi connectivity index (χ1v) is 6.61. The second-order valence-electron chi connectivity index (χ2n) is 4.21. The molecule has 5 nitrogen and oxygen atoms in total. The first-order chi connectivity index (χ1) is 9.33. The lowest BCUT2D eigenvalue weighted by atomic mass is 10.1. The van der Waals surface area contributed by atoms with Crippen molar-refractivity contribution in [1.82, 2.24) is 20.4 Å². The maximum absolute atomic E-state index is 11.5. The zero-order valence-corrected chi connectivity index (χ0v) is 10.5. The van der Waals surface area contributed by atoms with Gasteiger partial charge in [0, 0.05) is 10.3 Å². The number of aromatic nitrogens is 4. The molecule has 0 aliphatic carbocycles. The highest BCUT2D eigenvalue weighted by Gasteiger charge is 2.09. The summed E-state index contributed by atoms with van der Waals surface area (Å²) >= 11 is 1.68. The first kappa shape index (κ1) is 10.5. The molecule has 0 aliphatic heterocycles. The third-order valence-electron chi connectivity index (χ3n) is 3.08. The van der Waals surface area contributed by atoms with Gasteiger partial charge in [0.25, 0.3) is 5.56 Å². The predicted octanol–water partition coefficient (Wildman–Crippen LogP) is 2.53. The molecule has 0 aliphatic rings. The van der Waals surface area contributed by atoms with Crippen molar-refractivity contribution in [1.29, 1.82) is 0 Å². The van der Waals surface area contributed by atoms with E-state index in [0.29, 0.717) is 11.0 Å². The summed E-state index contributed by atoms with van der Waals surface area (Å²) < 4.78 is 0. The molecule has 0 spiro atoms. The maximum atomic E-state index is 11.5. The molecular weight excluding hydrogens is 260 g/mol. The number of thiophene rings is 1. The lowest BCUT2D eigenvalue weighted by molar-refractivity contribution is 1.08. The fourth-order valence-corrected chi connectivity index (χ4v) is 2.89. The second kappa shape index (κ2) is 3.76. The highest BCUT2D eigenvalue weighted by Crippen LogP contribution is 2.28. The smallest absolute Gasteiger partial charge is 0.292 e. The van der Waals surface area contributed by atoms with E-state index >= 15 is 0 Å². The molecule has 4 aromatic rings. The van der Waals surface area contributed by atoms with E-state index in [1.54, 1.807) is 11.3 Å². The normalized spacial score (nSPS) is 11.4.